The predicted octanol–water partition coefficient (Wildman–Crippen LogP) is 2.99. The number of rotatable bonds is 5. The molecule has 0 saturated heterocycles. The van der Waals surface area contributed by atoms with Crippen LogP contribution in [-0.2, 0) is 9.53 Å². The maximum absolute atomic E-state index is 11.4. The molecule has 0 saturated carbocycles. The van der Waals surface area contributed by atoms with E-state index in [0.717, 1.165) is 6.54 Å². The van der Waals surface area contributed by atoms with Crippen molar-refractivity contribution in [3.63, 3.8) is 0 Å². The minimum Gasteiger partial charge on any atom is -0.469 e. The van der Waals surface area contributed by atoms with Crippen molar-refractivity contribution >= 4 is 17.3 Å². The van der Waals surface area contributed by atoms with E-state index in [9.17, 15) is 4.79 Å². The summed E-state index contributed by atoms with van der Waals surface area (Å²) in [6.07, 6.45) is 0.382. The fourth-order valence-electron chi connectivity index (χ4n) is 1.44. The second kappa shape index (κ2) is 6.17. The molecule has 1 rings (SSSR count). The van der Waals surface area contributed by atoms with Gasteiger partial charge in [-0.1, -0.05) is 26.8 Å². The average Bonchev–Trinajstić information content (AvgIpc) is 2.75. The molecule has 1 aromatic heterocycles. The first-order valence-electron chi connectivity index (χ1n) is 5.76. The first kappa shape index (κ1) is 14.2. The Balaban J connectivity index is 2.63. The molecule has 0 aliphatic rings. The monoisotopic (exact) mass is 255 g/mol. The highest BCUT2D eigenvalue weighted by Crippen LogP contribution is 2.24. The number of ether oxygens (including phenoxy) is 1. The van der Waals surface area contributed by atoms with Crippen molar-refractivity contribution < 1.29 is 9.53 Å². The molecule has 1 unspecified atom stereocenters. The highest BCUT2D eigenvalue weighted by atomic mass is 32.1. The number of methoxy groups -OCH3 is 1. The van der Waals surface area contributed by atoms with Crippen LogP contribution in [-0.4, -0.2) is 19.6 Å². The normalized spacial score (nSPS) is 13.4. The van der Waals surface area contributed by atoms with Gasteiger partial charge in [0.25, 0.3) is 0 Å². The second-order valence-electron chi connectivity index (χ2n) is 5.29. The molecule has 1 aromatic rings. The molecule has 0 bridgehead atoms. The zero-order valence-electron chi connectivity index (χ0n) is 10.9. The third kappa shape index (κ3) is 5.33. The van der Waals surface area contributed by atoms with Crippen LogP contribution in [0.25, 0.3) is 0 Å². The molecule has 1 atom stereocenters. The van der Waals surface area contributed by atoms with Crippen molar-refractivity contribution in [1.29, 1.82) is 0 Å². The minimum absolute atomic E-state index is 0.0571. The smallest absolute Gasteiger partial charge is 0.307 e. The molecule has 0 aliphatic carbocycles. The molecule has 0 aromatic carbocycles. The quantitative estimate of drug-likeness (QED) is 0.822. The lowest BCUT2D eigenvalue weighted by Gasteiger charge is -2.23. The summed E-state index contributed by atoms with van der Waals surface area (Å²) in [5.41, 5.74) is 0.200. The Bertz CT molecular complexity index is 341. The summed E-state index contributed by atoms with van der Waals surface area (Å²) in [7, 11) is 1.43. The standard InChI is InChI=1S/C13H21NO2S/c1-13(2,3)9-14-10(8-12(15)16-4)11-6-5-7-17-11/h5-7,10,14H,8-9H2,1-4H3. The van der Waals surface area contributed by atoms with Gasteiger partial charge in [-0.3, -0.25) is 4.79 Å². The maximum atomic E-state index is 11.4. The zero-order chi connectivity index (χ0) is 12.9. The van der Waals surface area contributed by atoms with Crippen molar-refractivity contribution in [2.45, 2.75) is 33.2 Å². The lowest BCUT2D eigenvalue weighted by molar-refractivity contribution is -0.141. The van der Waals surface area contributed by atoms with Gasteiger partial charge < -0.3 is 10.1 Å². The number of esters is 1. The predicted molar refractivity (Wildman–Crippen MR) is 71.2 cm³/mol. The Morgan fingerprint density at radius 2 is 2.24 bits per heavy atom. The Kier molecular flexibility index (Phi) is 5.15. The van der Waals surface area contributed by atoms with Gasteiger partial charge in [-0.15, -0.1) is 11.3 Å². The van der Waals surface area contributed by atoms with Crippen molar-refractivity contribution in [3.8, 4) is 0 Å². The molecule has 1 N–H and O–H groups in total. The molecule has 0 radical (unpaired) electrons. The highest BCUT2D eigenvalue weighted by molar-refractivity contribution is 7.10. The zero-order valence-corrected chi connectivity index (χ0v) is 11.8. The third-order valence-electron chi connectivity index (χ3n) is 2.36. The SMILES string of the molecule is COC(=O)CC(NCC(C)(C)C)c1cccs1. The second-order valence-corrected chi connectivity index (χ2v) is 6.27. The van der Waals surface area contributed by atoms with Crippen molar-refractivity contribution in [2.75, 3.05) is 13.7 Å². The lowest BCUT2D eigenvalue weighted by Crippen LogP contribution is -2.31. The highest BCUT2D eigenvalue weighted by Gasteiger charge is 2.19. The van der Waals surface area contributed by atoms with Gasteiger partial charge in [-0.2, -0.15) is 0 Å². The van der Waals surface area contributed by atoms with Gasteiger partial charge >= 0.3 is 5.97 Å². The Morgan fingerprint density at radius 1 is 1.53 bits per heavy atom. The summed E-state index contributed by atoms with van der Waals surface area (Å²) in [6, 6.07) is 4.11. The summed E-state index contributed by atoms with van der Waals surface area (Å²) in [5, 5.41) is 5.46. The molecule has 17 heavy (non-hydrogen) atoms. The van der Waals surface area contributed by atoms with Gasteiger partial charge in [-0.25, -0.2) is 0 Å². The lowest BCUT2D eigenvalue weighted by atomic mass is 9.96. The summed E-state index contributed by atoms with van der Waals surface area (Å²) in [6.45, 7) is 7.38. The number of carbonyl (C=O) groups excluding carboxylic acids is 1. The van der Waals surface area contributed by atoms with E-state index in [1.54, 1.807) is 11.3 Å². The molecule has 0 aliphatic heterocycles. The van der Waals surface area contributed by atoms with Crippen LogP contribution in [0.3, 0.4) is 0 Å². The molecule has 4 heteroatoms. The van der Waals surface area contributed by atoms with E-state index < -0.39 is 0 Å². The van der Waals surface area contributed by atoms with Gasteiger partial charge in [0.2, 0.25) is 0 Å². The fourth-order valence-corrected chi connectivity index (χ4v) is 2.24. The van der Waals surface area contributed by atoms with Crippen LogP contribution < -0.4 is 5.32 Å². The topological polar surface area (TPSA) is 38.3 Å². The maximum Gasteiger partial charge on any atom is 0.307 e. The average molecular weight is 255 g/mol. The molecule has 0 amide bonds. The van der Waals surface area contributed by atoms with E-state index in [1.807, 2.05) is 17.5 Å². The number of hydrogen-bond acceptors (Lipinski definition) is 4. The molecular formula is C13H21NO2S. The molecule has 3 nitrogen and oxygen atoms in total. The largest absolute Gasteiger partial charge is 0.469 e. The molecule has 0 spiro atoms. The number of thiophene rings is 1. The van der Waals surface area contributed by atoms with Gasteiger partial charge in [0.05, 0.1) is 19.6 Å². The van der Waals surface area contributed by atoms with Crippen LogP contribution in [0.1, 0.15) is 38.1 Å². The fraction of sp³-hybridized carbons (Fsp3) is 0.615. The van der Waals surface area contributed by atoms with Crippen LogP contribution in [0, 0.1) is 5.41 Å². The first-order valence-corrected chi connectivity index (χ1v) is 6.64. The van der Waals surface area contributed by atoms with Crippen molar-refractivity contribution in [2.24, 2.45) is 5.41 Å². The summed E-state index contributed by atoms with van der Waals surface area (Å²) >= 11 is 1.66. The number of hydrogen-bond donors (Lipinski definition) is 1. The number of nitrogens with one attached hydrogen (secondary N) is 1. The van der Waals surface area contributed by atoms with E-state index in [-0.39, 0.29) is 17.4 Å². The molecular weight excluding hydrogens is 234 g/mol. The van der Waals surface area contributed by atoms with E-state index in [2.05, 4.69) is 26.1 Å². The number of carbonyl (C=O) groups is 1. The summed E-state index contributed by atoms with van der Waals surface area (Å²) in [5.74, 6) is -0.176. The Morgan fingerprint density at radius 3 is 2.71 bits per heavy atom. The van der Waals surface area contributed by atoms with E-state index in [1.165, 1.54) is 12.0 Å². The Labute approximate surface area is 107 Å². The molecule has 0 fully saturated rings. The van der Waals surface area contributed by atoms with Crippen LogP contribution in [0.5, 0.6) is 0 Å². The van der Waals surface area contributed by atoms with Gasteiger partial charge in [0.1, 0.15) is 0 Å². The van der Waals surface area contributed by atoms with Gasteiger partial charge in [-0.05, 0) is 16.9 Å². The van der Waals surface area contributed by atoms with Crippen LogP contribution in [0.2, 0.25) is 0 Å². The van der Waals surface area contributed by atoms with Crippen molar-refractivity contribution in [3.05, 3.63) is 22.4 Å². The van der Waals surface area contributed by atoms with Crippen LogP contribution in [0.15, 0.2) is 17.5 Å². The molecule has 96 valence electrons. The summed E-state index contributed by atoms with van der Waals surface area (Å²) < 4.78 is 4.74. The minimum atomic E-state index is -0.176. The van der Waals surface area contributed by atoms with Gasteiger partial charge in [0.15, 0.2) is 0 Å². The third-order valence-corrected chi connectivity index (χ3v) is 3.35. The van der Waals surface area contributed by atoms with E-state index in [4.69, 9.17) is 4.74 Å². The van der Waals surface area contributed by atoms with E-state index >= 15 is 0 Å². The van der Waals surface area contributed by atoms with Crippen LogP contribution >= 0.6 is 11.3 Å². The summed E-state index contributed by atoms with van der Waals surface area (Å²) in [4.78, 5) is 12.6. The van der Waals surface area contributed by atoms with E-state index in [0.29, 0.717) is 6.42 Å². The first-order chi connectivity index (χ1) is 7.92. The van der Waals surface area contributed by atoms with Crippen LogP contribution in [0.4, 0.5) is 0 Å². The Hall–Kier alpha value is -0.870. The van der Waals surface area contributed by atoms with Crippen molar-refractivity contribution in [1.82, 2.24) is 5.32 Å². The van der Waals surface area contributed by atoms with Gasteiger partial charge in [0, 0.05) is 11.4 Å². The molecule has 1 heterocycles.